The number of rotatable bonds is 0. The van der Waals surface area contributed by atoms with Crippen molar-refractivity contribution in [1.82, 2.24) is 0 Å². The second-order valence-corrected chi connectivity index (χ2v) is 2.27. The Labute approximate surface area is 54.1 Å². The van der Waals surface area contributed by atoms with Crippen LogP contribution in [0.1, 0.15) is 6.42 Å². The van der Waals surface area contributed by atoms with Gasteiger partial charge in [0, 0.05) is 0 Å². The standard InChI is InChI=1S/C9H8/c1-2-5-9-7-3-6-8(9)4-1/h1-2,4-7H,3H2. The van der Waals surface area contributed by atoms with Crippen LogP contribution in [-0.2, 0) is 0 Å². The second-order valence-electron chi connectivity index (χ2n) is 2.27. The van der Waals surface area contributed by atoms with Crippen LogP contribution in [0.3, 0.4) is 0 Å². The number of hydrogen-bond acceptors (Lipinski definition) is 0. The highest BCUT2D eigenvalue weighted by Crippen LogP contribution is 1.87. The zero-order chi connectivity index (χ0) is 6.10. The first-order valence-corrected chi connectivity index (χ1v) is 3.22. The zero-order valence-electron chi connectivity index (χ0n) is 5.17. The first-order valence-electron chi connectivity index (χ1n) is 3.22. The van der Waals surface area contributed by atoms with Crippen LogP contribution in [-0.4, -0.2) is 0 Å². The van der Waals surface area contributed by atoms with Crippen LogP contribution < -0.4 is 10.4 Å². The van der Waals surface area contributed by atoms with Crippen molar-refractivity contribution < 1.29 is 0 Å². The lowest BCUT2D eigenvalue weighted by Crippen LogP contribution is -2.19. The van der Waals surface area contributed by atoms with Gasteiger partial charge in [-0.05, 0) is 16.9 Å². The molecule has 0 heterocycles. The predicted molar refractivity (Wildman–Crippen MR) is 39.2 cm³/mol. The first-order chi connectivity index (χ1) is 4.47. The summed E-state index contributed by atoms with van der Waals surface area (Å²) in [6, 6.07) is 8.46. The summed E-state index contributed by atoms with van der Waals surface area (Å²) in [6.07, 6.45) is 5.60. The van der Waals surface area contributed by atoms with E-state index >= 15 is 0 Å². The minimum absolute atomic E-state index is 1.11. The molecule has 0 aliphatic heterocycles. The molecule has 0 spiro atoms. The van der Waals surface area contributed by atoms with Crippen LogP contribution >= 0.6 is 0 Å². The topological polar surface area (TPSA) is 0 Å². The van der Waals surface area contributed by atoms with Crippen molar-refractivity contribution in [3.8, 4) is 0 Å². The Hall–Kier alpha value is -1.04. The van der Waals surface area contributed by atoms with Crippen molar-refractivity contribution in [1.29, 1.82) is 0 Å². The average molecular weight is 116 g/mol. The summed E-state index contributed by atoms with van der Waals surface area (Å²) in [5, 5.41) is 2.77. The lowest BCUT2D eigenvalue weighted by Gasteiger charge is -1.79. The predicted octanol–water partition coefficient (Wildman–Crippen LogP) is 0.651. The van der Waals surface area contributed by atoms with E-state index in [-0.39, 0.29) is 0 Å². The Bertz CT molecular complexity index is 287. The van der Waals surface area contributed by atoms with Crippen LogP contribution in [0, 0.1) is 0 Å². The first kappa shape index (κ1) is 4.80. The fourth-order valence-corrected chi connectivity index (χ4v) is 1.20. The van der Waals surface area contributed by atoms with Crippen LogP contribution in [0.2, 0.25) is 0 Å². The molecule has 0 radical (unpaired) electrons. The highest BCUT2D eigenvalue weighted by atomic mass is 13.9. The molecule has 0 aromatic heterocycles. The van der Waals surface area contributed by atoms with Crippen molar-refractivity contribution in [3.63, 3.8) is 0 Å². The molecule has 0 nitrogen and oxygen atoms in total. The van der Waals surface area contributed by atoms with Gasteiger partial charge in [0.15, 0.2) is 0 Å². The lowest BCUT2D eigenvalue weighted by molar-refractivity contribution is 1.55. The van der Waals surface area contributed by atoms with Crippen molar-refractivity contribution in [2.45, 2.75) is 6.42 Å². The third-order valence-electron chi connectivity index (χ3n) is 1.67. The summed E-state index contributed by atoms with van der Waals surface area (Å²) in [6.45, 7) is 0. The van der Waals surface area contributed by atoms with Crippen LogP contribution in [0.25, 0.3) is 12.2 Å². The molecule has 1 aromatic rings. The van der Waals surface area contributed by atoms with Gasteiger partial charge in [0.25, 0.3) is 0 Å². The quantitative estimate of drug-likeness (QED) is 0.467. The molecule has 0 bridgehead atoms. The molecule has 1 aromatic carbocycles. The van der Waals surface area contributed by atoms with Gasteiger partial charge in [-0.2, -0.15) is 0 Å². The normalized spacial score (nSPS) is 13.8. The molecule has 0 amide bonds. The maximum Gasteiger partial charge on any atom is -0.0151 e. The molecule has 0 unspecified atom stereocenters. The molecular weight excluding hydrogens is 108 g/mol. The van der Waals surface area contributed by atoms with Gasteiger partial charge in [-0.3, -0.25) is 0 Å². The highest BCUT2D eigenvalue weighted by Gasteiger charge is 1.87. The van der Waals surface area contributed by atoms with Crippen molar-refractivity contribution >= 4 is 12.2 Å². The van der Waals surface area contributed by atoms with Crippen LogP contribution in [0.15, 0.2) is 24.3 Å². The van der Waals surface area contributed by atoms with Gasteiger partial charge in [0.05, 0.1) is 0 Å². The molecule has 0 heteroatoms. The highest BCUT2D eigenvalue weighted by molar-refractivity contribution is 5.45. The Kier molecular flexibility index (Phi) is 0.922. The van der Waals surface area contributed by atoms with Crippen molar-refractivity contribution in [3.05, 3.63) is 34.7 Å². The van der Waals surface area contributed by atoms with E-state index in [0.29, 0.717) is 0 Å². The maximum absolute atomic E-state index is 2.25. The molecule has 2 rings (SSSR count). The molecule has 1 aliphatic carbocycles. The van der Waals surface area contributed by atoms with Gasteiger partial charge < -0.3 is 0 Å². The van der Waals surface area contributed by atoms with E-state index in [2.05, 4.69) is 36.4 Å². The van der Waals surface area contributed by atoms with Gasteiger partial charge in [0.1, 0.15) is 0 Å². The van der Waals surface area contributed by atoms with Gasteiger partial charge in [-0.25, -0.2) is 0 Å². The summed E-state index contributed by atoms with van der Waals surface area (Å²) < 4.78 is 0. The minimum atomic E-state index is 1.11. The van der Waals surface area contributed by atoms with E-state index in [9.17, 15) is 0 Å². The smallest absolute Gasteiger partial charge is 0.0151 e. The summed E-state index contributed by atoms with van der Waals surface area (Å²) in [4.78, 5) is 0. The number of fused-ring (bicyclic) bond motifs is 1. The zero-order valence-corrected chi connectivity index (χ0v) is 5.17. The summed E-state index contributed by atoms with van der Waals surface area (Å²) >= 11 is 0. The third kappa shape index (κ3) is 0.672. The average Bonchev–Trinajstić information content (AvgIpc) is 2.33. The fraction of sp³-hybridized carbons (Fsp3) is 0.111. The van der Waals surface area contributed by atoms with E-state index in [1.54, 1.807) is 0 Å². The monoisotopic (exact) mass is 116 g/mol. The molecule has 9 heavy (non-hydrogen) atoms. The lowest BCUT2D eigenvalue weighted by atomic mass is 10.3. The minimum Gasteiger partial charge on any atom is -0.0729 e. The summed E-state index contributed by atoms with van der Waals surface area (Å²) in [5.74, 6) is 0. The van der Waals surface area contributed by atoms with Gasteiger partial charge >= 0.3 is 0 Å². The SMILES string of the molecule is C1=c2ccccc2=CC1. The molecule has 44 valence electrons. The maximum atomic E-state index is 2.25. The van der Waals surface area contributed by atoms with Gasteiger partial charge in [0.2, 0.25) is 0 Å². The molecule has 0 saturated carbocycles. The summed E-state index contributed by atoms with van der Waals surface area (Å²) in [7, 11) is 0. The van der Waals surface area contributed by atoms with E-state index in [0.717, 1.165) is 6.42 Å². The number of hydrogen-bond donors (Lipinski definition) is 0. The van der Waals surface area contributed by atoms with E-state index in [1.807, 2.05) is 0 Å². The van der Waals surface area contributed by atoms with Crippen molar-refractivity contribution in [2.24, 2.45) is 0 Å². The van der Waals surface area contributed by atoms with Gasteiger partial charge in [-0.15, -0.1) is 0 Å². The van der Waals surface area contributed by atoms with Crippen LogP contribution in [0.5, 0.6) is 0 Å². The Balaban J connectivity index is 2.97. The molecule has 0 N–H and O–H groups in total. The van der Waals surface area contributed by atoms with E-state index < -0.39 is 0 Å². The molecular formula is C9H8. The van der Waals surface area contributed by atoms with Crippen molar-refractivity contribution in [2.75, 3.05) is 0 Å². The summed E-state index contributed by atoms with van der Waals surface area (Å²) in [5.41, 5.74) is 0. The largest absolute Gasteiger partial charge is 0.0729 e. The Morgan fingerprint density at radius 1 is 0.889 bits per heavy atom. The molecule has 0 atom stereocenters. The van der Waals surface area contributed by atoms with E-state index in [4.69, 9.17) is 0 Å². The molecule has 1 aliphatic rings. The van der Waals surface area contributed by atoms with E-state index in [1.165, 1.54) is 10.4 Å². The molecule has 0 fully saturated rings. The third-order valence-corrected chi connectivity index (χ3v) is 1.67. The molecule has 0 saturated heterocycles. The van der Waals surface area contributed by atoms with Crippen LogP contribution in [0.4, 0.5) is 0 Å². The fourth-order valence-electron chi connectivity index (χ4n) is 1.20. The second kappa shape index (κ2) is 1.73. The number of benzene rings is 1. The van der Waals surface area contributed by atoms with Gasteiger partial charge in [-0.1, -0.05) is 36.4 Å². The Morgan fingerprint density at radius 3 is 2.00 bits per heavy atom. The Morgan fingerprint density at radius 2 is 1.44 bits per heavy atom.